The Kier molecular flexibility index (Phi) is 4.39. The normalized spacial score (nSPS) is 25.7. The predicted octanol–water partition coefficient (Wildman–Crippen LogP) is 0.415. The third-order valence-corrected chi connectivity index (χ3v) is 4.00. The van der Waals surface area contributed by atoms with Gasteiger partial charge < -0.3 is 15.7 Å². The van der Waals surface area contributed by atoms with Crippen LogP contribution in [0.1, 0.15) is 44.9 Å². The molecule has 19 heavy (non-hydrogen) atoms. The van der Waals surface area contributed by atoms with Crippen LogP contribution in [0, 0.1) is 5.92 Å². The smallest absolute Gasteiger partial charge is 0.326 e. The molecule has 0 spiro atoms. The van der Waals surface area contributed by atoms with E-state index in [1.54, 1.807) is 0 Å². The van der Waals surface area contributed by atoms with Crippen molar-refractivity contribution in [1.82, 2.24) is 10.6 Å². The summed E-state index contributed by atoms with van der Waals surface area (Å²) in [7, 11) is 0. The Bertz CT molecular complexity index is 377. The molecule has 0 unspecified atom stereocenters. The molecule has 106 valence electrons. The molecule has 0 aromatic rings. The van der Waals surface area contributed by atoms with E-state index in [2.05, 4.69) is 10.6 Å². The Morgan fingerprint density at radius 3 is 2.42 bits per heavy atom. The molecule has 2 fully saturated rings. The van der Waals surface area contributed by atoms with Crippen molar-refractivity contribution in [2.75, 3.05) is 0 Å². The standard InChI is InChI=1S/C13H20N2O4/c16-10-7-6-9(14-10)12(17)15-11(13(18)19)8-4-2-1-3-5-8/h8-9,11H,1-7H2,(H,14,16)(H,15,17)(H,18,19)/t9-,11+/m0/s1. The molecule has 1 saturated carbocycles. The number of amides is 2. The first kappa shape index (κ1) is 13.8. The first-order valence-corrected chi connectivity index (χ1v) is 6.90. The topological polar surface area (TPSA) is 95.5 Å². The third-order valence-electron chi connectivity index (χ3n) is 4.00. The molecule has 0 aromatic carbocycles. The minimum Gasteiger partial charge on any atom is -0.480 e. The highest BCUT2D eigenvalue weighted by Gasteiger charge is 2.34. The van der Waals surface area contributed by atoms with Gasteiger partial charge in [0.25, 0.3) is 0 Å². The number of rotatable bonds is 4. The third kappa shape index (κ3) is 3.45. The highest BCUT2D eigenvalue weighted by atomic mass is 16.4. The Balaban J connectivity index is 1.94. The predicted molar refractivity (Wildman–Crippen MR) is 67.3 cm³/mol. The van der Waals surface area contributed by atoms with Gasteiger partial charge in [0.1, 0.15) is 12.1 Å². The van der Waals surface area contributed by atoms with Gasteiger partial charge in [0.05, 0.1) is 0 Å². The zero-order valence-electron chi connectivity index (χ0n) is 10.9. The summed E-state index contributed by atoms with van der Waals surface area (Å²) < 4.78 is 0. The summed E-state index contributed by atoms with van der Waals surface area (Å²) in [5.74, 6) is -1.50. The van der Waals surface area contributed by atoms with Crippen LogP contribution in [0.4, 0.5) is 0 Å². The number of carboxylic acids is 1. The molecule has 1 aliphatic heterocycles. The van der Waals surface area contributed by atoms with Gasteiger partial charge in [-0.05, 0) is 25.2 Å². The number of carboxylic acid groups (broad SMARTS) is 1. The van der Waals surface area contributed by atoms with Crippen molar-refractivity contribution in [2.45, 2.75) is 57.0 Å². The summed E-state index contributed by atoms with van der Waals surface area (Å²) in [5.41, 5.74) is 0. The zero-order chi connectivity index (χ0) is 13.8. The Labute approximate surface area is 111 Å². The molecule has 1 saturated heterocycles. The second kappa shape index (κ2) is 6.04. The monoisotopic (exact) mass is 268 g/mol. The van der Waals surface area contributed by atoms with E-state index < -0.39 is 18.1 Å². The molecule has 1 heterocycles. The molecule has 6 heteroatoms. The minimum atomic E-state index is -0.982. The van der Waals surface area contributed by atoms with Crippen LogP contribution < -0.4 is 10.6 Å². The van der Waals surface area contributed by atoms with Crippen LogP contribution in [0.5, 0.6) is 0 Å². The molecule has 0 radical (unpaired) electrons. The molecule has 0 aromatic heterocycles. The molecule has 2 rings (SSSR count). The van der Waals surface area contributed by atoms with Crippen LogP contribution in [0.2, 0.25) is 0 Å². The minimum absolute atomic E-state index is 0.00676. The molecule has 2 atom stereocenters. The highest BCUT2D eigenvalue weighted by molar-refractivity contribution is 5.92. The van der Waals surface area contributed by atoms with Crippen molar-refractivity contribution in [3.8, 4) is 0 Å². The summed E-state index contributed by atoms with van der Waals surface area (Å²) >= 11 is 0. The van der Waals surface area contributed by atoms with E-state index in [-0.39, 0.29) is 17.7 Å². The van der Waals surface area contributed by atoms with Crippen LogP contribution >= 0.6 is 0 Å². The van der Waals surface area contributed by atoms with Crippen molar-refractivity contribution in [3.63, 3.8) is 0 Å². The van der Waals surface area contributed by atoms with E-state index in [1.165, 1.54) is 0 Å². The zero-order valence-corrected chi connectivity index (χ0v) is 10.9. The SMILES string of the molecule is O=C1CC[C@@H](C(=O)N[C@@H](C(=O)O)C2CCCCC2)N1. The molecular formula is C13H20N2O4. The molecule has 1 aliphatic carbocycles. The Morgan fingerprint density at radius 2 is 1.89 bits per heavy atom. The van der Waals surface area contributed by atoms with E-state index in [0.717, 1.165) is 32.1 Å². The first-order chi connectivity index (χ1) is 9.08. The molecule has 2 amide bonds. The van der Waals surface area contributed by atoms with E-state index in [0.29, 0.717) is 12.8 Å². The van der Waals surface area contributed by atoms with Crippen LogP contribution in [0.3, 0.4) is 0 Å². The fourth-order valence-electron chi connectivity index (χ4n) is 2.91. The summed E-state index contributed by atoms with van der Waals surface area (Å²) in [4.78, 5) is 34.3. The van der Waals surface area contributed by atoms with Crippen molar-refractivity contribution in [2.24, 2.45) is 5.92 Å². The van der Waals surface area contributed by atoms with Crippen molar-refractivity contribution in [3.05, 3.63) is 0 Å². The lowest BCUT2D eigenvalue weighted by atomic mass is 9.84. The van der Waals surface area contributed by atoms with E-state index in [9.17, 15) is 19.5 Å². The average molecular weight is 268 g/mol. The number of hydrogen-bond donors (Lipinski definition) is 3. The molecule has 3 N–H and O–H groups in total. The van der Waals surface area contributed by atoms with Crippen LogP contribution in [-0.4, -0.2) is 35.0 Å². The van der Waals surface area contributed by atoms with Gasteiger partial charge in [0, 0.05) is 6.42 Å². The molecule has 2 aliphatic rings. The second-order valence-corrected chi connectivity index (χ2v) is 5.38. The average Bonchev–Trinajstić information content (AvgIpc) is 2.83. The lowest BCUT2D eigenvalue weighted by Gasteiger charge is -2.28. The number of hydrogen-bond acceptors (Lipinski definition) is 3. The van der Waals surface area contributed by atoms with Gasteiger partial charge in [-0.15, -0.1) is 0 Å². The quantitative estimate of drug-likeness (QED) is 0.688. The largest absolute Gasteiger partial charge is 0.480 e. The molecular weight excluding hydrogens is 248 g/mol. The van der Waals surface area contributed by atoms with Gasteiger partial charge in [-0.2, -0.15) is 0 Å². The maximum atomic E-state index is 12.0. The van der Waals surface area contributed by atoms with Crippen LogP contribution in [0.25, 0.3) is 0 Å². The van der Waals surface area contributed by atoms with Crippen LogP contribution in [0.15, 0.2) is 0 Å². The fourth-order valence-corrected chi connectivity index (χ4v) is 2.91. The van der Waals surface area contributed by atoms with Crippen LogP contribution in [-0.2, 0) is 14.4 Å². The number of carbonyl (C=O) groups excluding carboxylic acids is 2. The van der Waals surface area contributed by atoms with Crippen molar-refractivity contribution >= 4 is 17.8 Å². The number of nitrogens with one attached hydrogen (secondary N) is 2. The maximum Gasteiger partial charge on any atom is 0.326 e. The lowest BCUT2D eigenvalue weighted by Crippen LogP contribution is -2.52. The van der Waals surface area contributed by atoms with Crippen molar-refractivity contribution in [1.29, 1.82) is 0 Å². The van der Waals surface area contributed by atoms with Gasteiger partial charge in [-0.3, -0.25) is 9.59 Å². The number of carbonyl (C=O) groups is 3. The van der Waals surface area contributed by atoms with Gasteiger partial charge in [-0.25, -0.2) is 4.79 Å². The first-order valence-electron chi connectivity index (χ1n) is 6.90. The Hall–Kier alpha value is -1.59. The second-order valence-electron chi connectivity index (χ2n) is 5.38. The van der Waals surface area contributed by atoms with Gasteiger partial charge in [-0.1, -0.05) is 19.3 Å². The molecule has 6 nitrogen and oxygen atoms in total. The van der Waals surface area contributed by atoms with Crippen molar-refractivity contribution < 1.29 is 19.5 Å². The highest BCUT2D eigenvalue weighted by Crippen LogP contribution is 2.26. The van der Waals surface area contributed by atoms with Gasteiger partial charge >= 0.3 is 5.97 Å². The van der Waals surface area contributed by atoms with E-state index >= 15 is 0 Å². The lowest BCUT2D eigenvalue weighted by molar-refractivity contribution is -0.144. The summed E-state index contributed by atoms with van der Waals surface area (Å²) in [5, 5.41) is 14.4. The van der Waals surface area contributed by atoms with E-state index in [4.69, 9.17) is 0 Å². The summed E-state index contributed by atoms with van der Waals surface area (Å²) in [6.45, 7) is 0. The Morgan fingerprint density at radius 1 is 1.21 bits per heavy atom. The number of aliphatic carboxylic acids is 1. The summed E-state index contributed by atoms with van der Waals surface area (Å²) in [6.07, 6.45) is 5.63. The molecule has 0 bridgehead atoms. The van der Waals surface area contributed by atoms with Gasteiger partial charge in [0.15, 0.2) is 0 Å². The maximum absolute atomic E-state index is 12.0. The summed E-state index contributed by atoms with van der Waals surface area (Å²) in [6, 6.07) is -1.40. The van der Waals surface area contributed by atoms with Gasteiger partial charge in [0.2, 0.25) is 11.8 Å². The fraction of sp³-hybridized carbons (Fsp3) is 0.769. The van der Waals surface area contributed by atoms with E-state index in [1.807, 2.05) is 0 Å².